The summed E-state index contributed by atoms with van der Waals surface area (Å²) < 4.78 is 41.0. The molecule has 0 aliphatic rings. The van der Waals surface area contributed by atoms with E-state index in [0.29, 0.717) is 0 Å². The normalized spacial score (nSPS) is 11.3. The highest BCUT2D eigenvalue weighted by Gasteiger charge is 2.24. The monoisotopic (exact) mass is 298 g/mol. The SMILES string of the molecule is Cn1ncc(C(=N)N)c1NS(=O)(=O)c1ncccc1F. The number of nitrogens with two attached hydrogens (primary N) is 1. The van der Waals surface area contributed by atoms with Crippen molar-refractivity contribution in [3.8, 4) is 0 Å². The highest BCUT2D eigenvalue weighted by molar-refractivity contribution is 7.92. The Morgan fingerprint density at radius 2 is 2.25 bits per heavy atom. The van der Waals surface area contributed by atoms with Gasteiger partial charge >= 0.3 is 0 Å². The molecule has 10 heteroatoms. The topological polar surface area (TPSA) is 127 Å². The number of nitrogens with one attached hydrogen (secondary N) is 2. The fourth-order valence-corrected chi connectivity index (χ4v) is 2.62. The van der Waals surface area contributed by atoms with Gasteiger partial charge in [0.05, 0.1) is 11.8 Å². The quantitative estimate of drug-likeness (QED) is 0.542. The van der Waals surface area contributed by atoms with Gasteiger partial charge in [-0.05, 0) is 12.1 Å². The summed E-state index contributed by atoms with van der Waals surface area (Å²) in [7, 11) is -2.78. The molecule has 0 fully saturated rings. The number of amidine groups is 1. The first-order valence-electron chi connectivity index (χ1n) is 5.32. The molecule has 106 valence electrons. The zero-order valence-corrected chi connectivity index (χ0v) is 11.1. The lowest BCUT2D eigenvalue weighted by molar-refractivity contribution is 0.556. The summed E-state index contributed by atoms with van der Waals surface area (Å²) in [5.74, 6) is -1.38. The van der Waals surface area contributed by atoms with Gasteiger partial charge in [0.1, 0.15) is 11.7 Å². The van der Waals surface area contributed by atoms with Crippen molar-refractivity contribution in [2.45, 2.75) is 5.03 Å². The summed E-state index contributed by atoms with van der Waals surface area (Å²) in [6.07, 6.45) is 2.39. The van der Waals surface area contributed by atoms with Crippen LogP contribution < -0.4 is 10.5 Å². The lowest BCUT2D eigenvalue weighted by Crippen LogP contribution is -2.21. The Bertz CT molecular complexity index is 770. The molecule has 2 heterocycles. The van der Waals surface area contributed by atoms with Crippen LogP contribution in [0.25, 0.3) is 0 Å². The van der Waals surface area contributed by atoms with E-state index in [9.17, 15) is 12.8 Å². The van der Waals surface area contributed by atoms with E-state index in [1.54, 1.807) is 0 Å². The van der Waals surface area contributed by atoms with Gasteiger partial charge in [0.15, 0.2) is 5.82 Å². The number of hydrogen-bond donors (Lipinski definition) is 3. The Labute approximate surface area is 114 Å². The van der Waals surface area contributed by atoms with E-state index in [0.717, 1.165) is 12.3 Å². The number of nitrogens with zero attached hydrogens (tertiary/aromatic N) is 3. The van der Waals surface area contributed by atoms with Gasteiger partial charge in [0.25, 0.3) is 10.0 Å². The van der Waals surface area contributed by atoms with Crippen LogP contribution in [0, 0.1) is 11.2 Å². The van der Waals surface area contributed by atoms with E-state index in [1.807, 2.05) is 0 Å². The first-order valence-corrected chi connectivity index (χ1v) is 6.81. The zero-order chi connectivity index (χ0) is 14.9. The minimum Gasteiger partial charge on any atom is -0.384 e. The maximum absolute atomic E-state index is 13.5. The fraction of sp³-hybridized carbons (Fsp3) is 0.100. The molecule has 2 aromatic rings. The summed E-state index contributed by atoms with van der Waals surface area (Å²) in [4.78, 5) is 3.49. The number of halogens is 1. The summed E-state index contributed by atoms with van der Waals surface area (Å²) in [5.41, 5.74) is 5.41. The molecule has 0 atom stereocenters. The van der Waals surface area contributed by atoms with E-state index in [-0.39, 0.29) is 17.2 Å². The van der Waals surface area contributed by atoms with Crippen LogP contribution in [0.4, 0.5) is 10.2 Å². The van der Waals surface area contributed by atoms with Gasteiger partial charge in [-0.15, -0.1) is 0 Å². The highest BCUT2D eigenvalue weighted by atomic mass is 32.2. The van der Waals surface area contributed by atoms with Crippen molar-refractivity contribution < 1.29 is 12.8 Å². The third kappa shape index (κ3) is 2.45. The molecule has 2 rings (SSSR count). The summed E-state index contributed by atoms with van der Waals surface area (Å²) in [6, 6.07) is 2.26. The second-order valence-electron chi connectivity index (χ2n) is 3.84. The number of pyridine rings is 1. The molecule has 20 heavy (non-hydrogen) atoms. The van der Waals surface area contributed by atoms with Crippen molar-refractivity contribution in [2.24, 2.45) is 12.8 Å². The van der Waals surface area contributed by atoms with Gasteiger partial charge in [-0.2, -0.15) is 13.5 Å². The van der Waals surface area contributed by atoms with Crippen molar-refractivity contribution in [1.29, 1.82) is 5.41 Å². The number of aryl methyl sites for hydroxylation is 1. The molecule has 0 amide bonds. The molecule has 0 bridgehead atoms. The molecule has 2 aromatic heterocycles. The van der Waals surface area contributed by atoms with Crippen LogP contribution in [0.1, 0.15) is 5.56 Å². The summed E-state index contributed by atoms with van der Waals surface area (Å²) in [6.45, 7) is 0. The number of anilines is 1. The van der Waals surface area contributed by atoms with Gasteiger partial charge in [-0.1, -0.05) is 0 Å². The molecule has 0 radical (unpaired) electrons. The highest BCUT2D eigenvalue weighted by Crippen LogP contribution is 2.19. The van der Waals surface area contributed by atoms with E-state index in [4.69, 9.17) is 11.1 Å². The Morgan fingerprint density at radius 3 is 2.85 bits per heavy atom. The van der Waals surface area contributed by atoms with E-state index in [1.165, 1.54) is 24.0 Å². The van der Waals surface area contributed by atoms with Crippen LogP contribution >= 0.6 is 0 Å². The Kier molecular flexibility index (Phi) is 3.40. The standard InChI is InChI=1S/C10H11FN6O2S/c1-17-9(6(5-15-17)8(12)13)16-20(18,19)10-7(11)3-2-4-14-10/h2-5,16H,1H3,(H3,12,13). The number of hydrogen-bond acceptors (Lipinski definition) is 5. The summed E-state index contributed by atoms with van der Waals surface area (Å²) in [5, 5.41) is 10.4. The lowest BCUT2D eigenvalue weighted by Gasteiger charge is -2.09. The molecule has 8 nitrogen and oxygen atoms in total. The van der Waals surface area contributed by atoms with Crippen LogP contribution in [0.5, 0.6) is 0 Å². The Hall–Kier alpha value is -2.49. The minimum absolute atomic E-state index is 0.0393. The maximum atomic E-state index is 13.5. The average Bonchev–Trinajstić information content (AvgIpc) is 2.71. The molecule has 0 aliphatic carbocycles. The lowest BCUT2D eigenvalue weighted by atomic mass is 10.3. The van der Waals surface area contributed by atoms with Crippen molar-refractivity contribution in [3.05, 3.63) is 35.9 Å². The third-order valence-corrected chi connectivity index (χ3v) is 3.71. The Morgan fingerprint density at radius 1 is 1.55 bits per heavy atom. The van der Waals surface area contributed by atoms with E-state index >= 15 is 0 Å². The fourth-order valence-electron chi connectivity index (χ4n) is 1.50. The third-order valence-electron chi connectivity index (χ3n) is 2.44. The predicted octanol–water partition coefficient (Wildman–Crippen LogP) is 0.0391. The molecular weight excluding hydrogens is 287 g/mol. The predicted molar refractivity (Wildman–Crippen MR) is 69.2 cm³/mol. The average molecular weight is 298 g/mol. The van der Waals surface area contributed by atoms with E-state index in [2.05, 4.69) is 14.8 Å². The number of sulfonamides is 1. The van der Waals surface area contributed by atoms with Crippen LogP contribution in [0.15, 0.2) is 29.6 Å². The van der Waals surface area contributed by atoms with E-state index < -0.39 is 20.9 Å². The number of aromatic nitrogens is 3. The molecular formula is C10H11FN6O2S. The van der Waals surface area contributed by atoms with Crippen molar-refractivity contribution in [1.82, 2.24) is 14.8 Å². The number of rotatable bonds is 4. The van der Waals surface area contributed by atoms with Crippen molar-refractivity contribution >= 4 is 21.7 Å². The van der Waals surface area contributed by atoms with Gasteiger partial charge in [0, 0.05) is 13.2 Å². The molecule has 0 spiro atoms. The van der Waals surface area contributed by atoms with Gasteiger partial charge in [-0.3, -0.25) is 14.8 Å². The number of nitrogen functional groups attached to an aromatic ring is 1. The van der Waals surface area contributed by atoms with Crippen molar-refractivity contribution in [3.63, 3.8) is 0 Å². The van der Waals surface area contributed by atoms with Crippen molar-refractivity contribution in [2.75, 3.05) is 4.72 Å². The van der Waals surface area contributed by atoms with Crippen LogP contribution in [-0.4, -0.2) is 29.0 Å². The molecule has 4 N–H and O–H groups in total. The maximum Gasteiger partial charge on any atom is 0.283 e. The largest absolute Gasteiger partial charge is 0.384 e. The first kappa shape index (κ1) is 13.9. The smallest absolute Gasteiger partial charge is 0.283 e. The molecule has 0 aliphatic heterocycles. The first-order chi connectivity index (χ1) is 9.33. The molecule has 0 saturated carbocycles. The second kappa shape index (κ2) is 4.89. The Balaban J connectivity index is 2.47. The zero-order valence-electron chi connectivity index (χ0n) is 10.3. The van der Waals surface area contributed by atoms with Gasteiger partial charge < -0.3 is 5.73 Å². The molecule has 0 saturated heterocycles. The minimum atomic E-state index is -4.24. The van der Waals surface area contributed by atoms with Crippen LogP contribution in [0.3, 0.4) is 0 Å². The van der Waals surface area contributed by atoms with Crippen LogP contribution in [0.2, 0.25) is 0 Å². The van der Waals surface area contributed by atoms with Gasteiger partial charge in [-0.25, -0.2) is 9.37 Å². The van der Waals surface area contributed by atoms with Gasteiger partial charge in [0.2, 0.25) is 5.03 Å². The summed E-state index contributed by atoms with van der Waals surface area (Å²) >= 11 is 0. The molecule has 0 unspecified atom stereocenters. The van der Waals surface area contributed by atoms with Crippen LogP contribution in [-0.2, 0) is 17.1 Å². The second-order valence-corrected chi connectivity index (χ2v) is 5.44. The molecule has 0 aromatic carbocycles.